The smallest absolute Gasteiger partial charge is 0.119 e. The summed E-state index contributed by atoms with van der Waals surface area (Å²) in [6.07, 6.45) is 3.92. The zero-order valence-electron chi connectivity index (χ0n) is 11.7. The molecule has 0 spiro atoms. The van der Waals surface area contributed by atoms with E-state index in [1.807, 2.05) is 12.1 Å². The van der Waals surface area contributed by atoms with Crippen LogP contribution in [-0.2, 0) is 0 Å². The van der Waals surface area contributed by atoms with Crippen molar-refractivity contribution < 1.29 is 4.74 Å². The number of fused-ring (bicyclic) bond motifs is 2. The first-order chi connectivity index (χ1) is 9.83. The first-order valence-electron chi connectivity index (χ1n) is 7.45. The van der Waals surface area contributed by atoms with Crippen molar-refractivity contribution in [3.63, 3.8) is 0 Å². The monoisotopic (exact) mass is 271 g/mol. The number of likely N-dealkylation sites (tertiary alicyclic amines) is 1. The van der Waals surface area contributed by atoms with Crippen LogP contribution in [0.2, 0.25) is 0 Å². The molecule has 0 radical (unpaired) electrons. The van der Waals surface area contributed by atoms with E-state index in [1.54, 1.807) is 12.1 Å². The molecular weight excluding hydrogens is 250 g/mol. The molecule has 2 fully saturated rings. The fraction of sp³-hybridized carbons (Fsp3) is 0.562. The third kappa shape index (κ3) is 3.30. The Kier molecular flexibility index (Phi) is 4.19. The molecule has 2 aliphatic rings. The van der Waals surface area contributed by atoms with Crippen molar-refractivity contribution in [2.45, 2.75) is 31.3 Å². The number of benzene rings is 1. The second-order valence-corrected chi connectivity index (χ2v) is 5.71. The third-order valence-electron chi connectivity index (χ3n) is 4.27. The molecule has 4 heteroatoms. The summed E-state index contributed by atoms with van der Waals surface area (Å²) in [6, 6.07) is 10.9. The number of ether oxygens (including phenoxy) is 1. The van der Waals surface area contributed by atoms with Gasteiger partial charge in [-0.3, -0.25) is 4.90 Å². The Bertz CT molecular complexity index is 479. The van der Waals surface area contributed by atoms with Gasteiger partial charge >= 0.3 is 0 Å². The van der Waals surface area contributed by atoms with Crippen molar-refractivity contribution in [2.75, 3.05) is 26.2 Å². The van der Waals surface area contributed by atoms with E-state index in [1.165, 1.54) is 25.8 Å². The summed E-state index contributed by atoms with van der Waals surface area (Å²) in [5.41, 5.74) is 0.673. The van der Waals surface area contributed by atoms with Gasteiger partial charge in [0.1, 0.15) is 12.4 Å². The predicted octanol–water partition coefficient (Wildman–Crippen LogP) is 1.76. The van der Waals surface area contributed by atoms with Crippen molar-refractivity contribution in [3.8, 4) is 11.8 Å². The topological polar surface area (TPSA) is 48.3 Å². The molecule has 2 saturated heterocycles. The largest absolute Gasteiger partial charge is 0.492 e. The maximum absolute atomic E-state index is 8.75. The molecule has 20 heavy (non-hydrogen) atoms. The molecule has 0 aliphatic carbocycles. The fourth-order valence-corrected chi connectivity index (χ4v) is 3.14. The average molecular weight is 271 g/mol. The van der Waals surface area contributed by atoms with Gasteiger partial charge < -0.3 is 10.1 Å². The molecule has 2 bridgehead atoms. The molecule has 0 saturated carbocycles. The minimum Gasteiger partial charge on any atom is -0.492 e. The van der Waals surface area contributed by atoms with Crippen LogP contribution in [-0.4, -0.2) is 43.2 Å². The molecule has 4 nitrogen and oxygen atoms in total. The van der Waals surface area contributed by atoms with Gasteiger partial charge in [-0.1, -0.05) is 0 Å². The maximum atomic E-state index is 8.75. The number of rotatable bonds is 4. The summed E-state index contributed by atoms with van der Waals surface area (Å²) in [6.45, 7) is 4.01. The van der Waals surface area contributed by atoms with Gasteiger partial charge in [-0.25, -0.2) is 0 Å². The van der Waals surface area contributed by atoms with Crippen LogP contribution < -0.4 is 10.1 Å². The normalized spacial score (nSPS) is 25.9. The highest BCUT2D eigenvalue weighted by Crippen LogP contribution is 2.20. The molecule has 1 aromatic carbocycles. The van der Waals surface area contributed by atoms with Crippen molar-refractivity contribution in [1.82, 2.24) is 10.2 Å². The van der Waals surface area contributed by atoms with E-state index in [2.05, 4.69) is 16.3 Å². The first kappa shape index (κ1) is 13.4. The lowest BCUT2D eigenvalue weighted by Crippen LogP contribution is -2.37. The lowest BCUT2D eigenvalue weighted by Gasteiger charge is -2.23. The highest BCUT2D eigenvalue weighted by Gasteiger charge is 2.28. The summed E-state index contributed by atoms with van der Waals surface area (Å²) in [5, 5.41) is 12.4. The highest BCUT2D eigenvalue weighted by atomic mass is 16.5. The van der Waals surface area contributed by atoms with Crippen LogP contribution in [0.1, 0.15) is 24.8 Å². The lowest BCUT2D eigenvalue weighted by atomic mass is 10.1. The Morgan fingerprint density at radius 3 is 2.80 bits per heavy atom. The summed E-state index contributed by atoms with van der Waals surface area (Å²) in [7, 11) is 0. The van der Waals surface area contributed by atoms with Gasteiger partial charge in [0.2, 0.25) is 0 Å². The third-order valence-corrected chi connectivity index (χ3v) is 4.27. The van der Waals surface area contributed by atoms with Crippen LogP contribution in [0, 0.1) is 11.3 Å². The van der Waals surface area contributed by atoms with E-state index in [9.17, 15) is 0 Å². The van der Waals surface area contributed by atoms with E-state index in [0.717, 1.165) is 24.9 Å². The van der Waals surface area contributed by atoms with E-state index in [4.69, 9.17) is 10.00 Å². The van der Waals surface area contributed by atoms with E-state index < -0.39 is 0 Å². The molecule has 106 valence electrons. The number of hydrogen-bond donors (Lipinski definition) is 1. The Balaban J connectivity index is 1.44. The minimum absolute atomic E-state index is 0.673. The molecule has 2 heterocycles. The van der Waals surface area contributed by atoms with Crippen LogP contribution in [0.3, 0.4) is 0 Å². The van der Waals surface area contributed by atoms with Crippen molar-refractivity contribution >= 4 is 0 Å². The first-order valence-corrected chi connectivity index (χ1v) is 7.45. The van der Waals surface area contributed by atoms with Crippen molar-refractivity contribution in [1.29, 1.82) is 5.26 Å². The zero-order valence-corrected chi connectivity index (χ0v) is 11.7. The summed E-state index contributed by atoms with van der Waals surface area (Å²) in [4.78, 5) is 2.50. The molecule has 1 N–H and O–H groups in total. The summed E-state index contributed by atoms with van der Waals surface area (Å²) in [5.74, 6) is 0.846. The molecular formula is C16H21N3O. The molecule has 2 aliphatic heterocycles. The van der Waals surface area contributed by atoms with Gasteiger partial charge in [0.15, 0.2) is 0 Å². The van der Waals surface area contributed by atoms with Crippen molar-refractivity contribution in [3.05, 3.63) is 29.8 Å². The Morgan fingerprint density at radius 2 is 2.00 bits per heavy atom. The van der Waals surface area contributed by atoms with Gasteiger partial charge in [-0.2, -0.15) is 5.26 Å². The second-order valence-electron chi connectivity index (χ2n) is 5.71. The van der Waals surface area contributed by atoms with Gasteiger partial charge in [-0.05, 0) is 50.1 Å². The molecule has 3 rings (SSSR count). The average Bonchev–Trinajstić information content (AvgIpc) is 2.82. The quantitative estimate of drug-likeness (QED) is 0.906. The molecule has 1 aromatic rings. The van der Waals surface area contributed by atoms with Crippen LogP contribution >= 0.6 is 0 Å². The molecule has 0 amide bonds. The van der Waals surface area contributed by atoms with Crippen LogP contribution in [0.15, 0.2) is 24.3 Å². The van der Waals surface area contributed by atoms with Crippen LogP contribution in [0.4, 0.5) is 0 Å². The minimum atomic E-state index is 0.673. The van der Waals surface area contributed by atoms with E-state index in [0.29, 0.717) is 18.2 Å². The lowest BCUT2D eigenvalue weighted by molar-refractivity contribution is 0.201. The van der Waals surface area contributed by atoms with Gasteiger partial charge in [0.25, 0.3) is 0 Å². The van der Waals surface area contributed by atoms with Gasteiger partial charge in [0, 0.05) is 25.2 Å². The predicted molar refractivity (Wildman–Crippen MR) is 77.7 cm³/mol. The van der Waals surface area contributed by atoms with Gasteiger partial charge in [-0.15, -0.1) is 0 Å². The number of nitrogens with zero attached hydrogens (tertiary/aromatic N) is 2. The van der Waals surface area contributed by atoms with Crippen LogP contribution in [0.5, 0.6) is 5.75 Å². The zero-order chi connectivity index (χ0) is 13.8. The number of nitriles is 1. The number of nitrogens with one attached hydrogen (secondary N) is 1. The van der Waals surface area contributed by atoms with E-state index >= 15 is 0 Å². The SMILES string of the molecule is N#Cc1ccc(OCCN2CCC3CCC(C2)N3)cc1. The molecule has 0 aromatic heterocycles. The maximum Gasteiger partial charge on any atom is 0.119 e. The second kappa shape index (κ2) is 6.25. The Hall–Kier alpha value is -1.57. The summed E-state index contributed by atoms with van der Waals surface area (Å²) < 4.78 is 5.76. The van der Waals surface area contributed by atoms with Gasteiger partial charge in [0.05, 0.1) is 11.6 Å². The summed E-state index contributed by atoms with van der Waals surface area (Å²) >= 11 is 0. The van der Waals surface area contributed by atoms with E-state index in [-0.39, 0.29) is 0 Å². The Morgan fingerprint density at radius 1 is 1.20 bits per heavy atom. The molecule has 2 unspecified atom stereocenters. The van der Waals surface area contributed by atoms with Crippen molar-refractivity contribution in [2.24, 2.45) is 0 Å². The Labute approximate surface area is 120 Å². The number of hydrogen-bond acceptors (Lipinski definition) is 4. The van der Waals surface area contributed by atoms with Crippen LogP contribution in [0.25, 0.3) is 0 Å². The highest BCUT2D eigenvalue weighted by molar-refractivity contribution is 5.34. The fourth-order valence-electron chi connectivity index (χ4n) is 3.14. The standard InChI is InChI=1S/C16H21N3O/c17-11-13-1-5-16(6-2-13)20-10-9-19-8-7-14-3-4-15(12-19)18-14/h1-2,5-6,14-15,18H,3-4,7-10,12H2. The molecule has 2 atom stereocenters.